The van der Waals surface area contributed by atoms with Crippen molar-refractivity contribution < 1.29 is 9.59 Å². The summed E-state index contributed by atoms with van der Waals surface area (Å²) in [5.41, 5.74) is 1.97. The zero-order chi connectivity index (χ0) is 20.5. The van der Waals surface area contributed by atoms with Crippen molar-refractivity contribution in [2.24, 2.45) is 0 Å². The molecule has 0 saturated carbocycles. The molecule has 0 spiro atoms. The van der Waals surface area contributed by atoms with Gasteiger partial charge in [-0.2, -0.15) is 0 Å². The van der Waals surface area contributed by atoms with E-state index in [1.807, 2.05) is 63.2 Å². The predicted octanol–water partition coefficient (Wildman–Crippen LogP) is 4.60. The van der Waals surface area contributed by atoms with E-state index in [0.29, 0.717) is 24.4 Å². The zero-order valence-corrected chi connectivity index (χ0v) is 17.6. The normalized spacial score (nSPS) is 12.9. The standard InChI is InChI=1S/C23H29ClN2O2/c1-4-17(3)25-23(28)21(15-18-9-7-6-8-10-18)26(22(27)5-2)16-19-11-13-20(24)14-12-19/h6-14,17,21H,4-5,15-16H2,1-3H3,(H,25,28)/t17-,21-/m0/s1. The van der Waals surface area contributed by atoms with Gasteiger partial charge in [0, 0.05) is 30.5 Å². The highest BCUT2D eigenvalue weighted by Crippen LogP contribution is 2.17. The molecule has 0 aliphatic rings. The van der Waals surface area contributed by atoms with E-state index in [4.69, 9.17) is 11.6 Å². The first-order chi connectivity index (χ1) is 13.4. The summed E-state index contributed by atoms with van der Waals surface area (Å²) in [6.07, 6.45) is 1.65. The summed E-state index contributed by atoms with van der Waals surface area (Å²) in [7, 11) is 0. The molecule has 0 radical (unpaired) electrons. The quantitative estimate of drug-likeness (QED) is 0.668. The van der Waals surface area contributed by atoms with Gasteiger partial charge in [-0.05, 0) is 36.6 Å². The first kappa shape index (κ1) is 22.0. The predicted molar refractivity (Wildman–Crippen MR) is 114 cm³/mol. The van der Waals surface area contributed by atoms with E-state index in [0.717, 1.165) is 17.5 Å². The fourth-order valence-electron chi connectivity index (χ4n) is 2.98. The summed E-state index contributed by atoms with van der Waals surface area (Å²) in [5, 5.41) is 3.70. The molecule has 0 bridgehead atoms. The first-order valence-corrected chi connectivity index (χ1v) is 10.2. The molecule has 2 aromatic rings. The van der Waals surface area contributed by atoms with Gasteiger partial charge in [0.2, 0.25) is 11.8 Å². The lowest BCUT2D eigenvalue weighted by molar-refractivity contribution is -0.141. The molecule has 0 aromatic heterocycles. The lowest BCUT2D eigenvalue weighted by Gasteiger charge is -2.32. The molecule has 150 valence electrons. The minimum atomic E-state index is -0.570. The van der Waals surface area contributed by atoms with Crippen molar-refractivity contribution in [2.45, 2.75) is 58.7 Å². The van der Waals surface area contributed by atoms with Gasteiger partial charge in [-0.15, -0.1) is 0 Å². The van der Waals surface area contributed by atoms with E-state index in [2.05, 4.69) is 5.32 Å². The van der Waals surface area contributed by atoms with Crippen LogP contribution in [-0.4, -0.2) is 28.8 Å². The van der Waals surface area contributed by atoms with Crippen LogP contribution in [0.2, 0.25) is 5.02 Å². The molecule has 5 heteroatoms. The Morgan fingerprint density at radius 3 is 2.21 bits per heavy atom. The van der Waals surface area contributed by atoms with Crippen LogP contribution in [0.5, 0.6) is 0 Å². The SMILES string of the molecule is CCC(=O)N(Cc1ccc(Cl)cc1)[C@@H](Cc1ccccc1)C(=O)N[C@@H](C)CC. The maximum Gasteiger partial charge on any atom is 0.243 e. The third-order valence-electron chi connectivity index (χ3n) is 4.84. The third-order valence-corrected chi connectivity index (χ3v) is 5.09. The van der Waals surface area contributed by atoms with Crippen LogP contribution >= 0.6 is 11.6 Å². The Balaban J connectivity index is 2.33. The Morgan fingerprint density at radius 1 is 1.00 bits per heavy atom. The van der Waals surface area contributed by atoms with Gasteiger partial charge in [-0.25, -0.2) is 0 Å². The molecule has 2 atom stereocenters. The Morgan fingerprint density at radius 2 is 1.64 bits per heavy atom. The Bertz CT molecular complexity index is 762. The first-order valence-electron chi connectivity index (χ1n) is 9.82. The molecule has 0 saturated heterocycles. The van der Waals surface area contributed by atoms with E-state index in [1.165, 1.54) is 0 Å². The molecule has 2 rings (SSSR count). The number of carbonyl (C=O) groups is 2. The monoisotopic (exact) mass is 400 g/mol. The van der Waals surface area contributed by atoms with Crippen molar-refractivity contribution in [1.82, 2.24) is 10.2 Å². The molecular weight excluding hydrogens is 372 g/mol. The van der Waals surface area contributed by atoms with Gasteiger partial charge in [-0.3, -0.25) is 9.59 Å². The molecule has 0 unspecified atom stereocenters. The van der Waals surface area contributed by atoms with Gasteiger partial charge in [-0.1, -0.05) is 67.9 Å². The van der Waals surface area contributed by atoms with Crippen LogP contribution in [0.4, 0.5) is 0 Å². The average molecular weight is 401 g/mol. The van der Waals surface area contributed by atoms with Crippen LogP contribution in [0.1, 0.15) is 44.7 Å². The van der Waals surface area contributed by atoms with Crippen molar-refractivity contribution in [2.75, 3.05) is 0 Å². The molecule has 0 aliphatic carbocycles. The number of halogens is 1. The number of rotatable bonds is 9. The lowest BCUT2D eigenvalue weighted by Crippen LogP contribution is -2.52. The average Bonchev–Trinajstić information content (AvgIpc) is 2.71. The Labute approximate surface area is 172 Å². The highest BCUT2D eigenvalue weighted by atomic mass is 35.5. The molecule has 2 amide bonds. The number of hydrogen-bond acceptors (Lipinski definition) is 2. The van der Waals surface area contributed by atoms with Gasteiger partial charge in [0.1, 0.15) is 6.04 Å². The highest BCUT2D eigenvalue weighted by molar-refractivity contribution is 6.30. The zero-order valence-electron chi connectivity index (χ0n) is 16.8. The van der Waals surface area contributed by atoms with Crippen LogP contribution in [-0.2, 0) is 22.6 Å². The van der Waals surface area contributed by atoms with Crippen molar-refractivity contribution >= 4 is 23.4 Å². The summed E-state index contributed by atoms with van der Waals surface area (Å²) >= 11 is 5.99. The van der Waals surface area contributed by atoms with Crippen LogP contribution in [0.15, 0.2) is 54.6 Å². The summed E-state index contributed by atoms with van der Waals surface area (Å²) in [6.45, 7) is 6.20. The lowest BCUT2D eigenvalue weighted by atomic mass is 10.0. The van der Waals surface area contributed by atoms with Crippen LogP contribution in [0.3, 0.4) is 0 Å². The summed E-state index contributed by atoms with van der Waals surface area (Å²) in [4.78, 5) is 27.6. The van der Waals surface area contributed by atoms with E-state index in [-0.39, 0.29) is 17.9 Å². The van der Waals surface area contributed by atoms with Gasteiger partial charge in [0.25, 0.3) is 0 Å². The summed E-state index contributed by atoms with van der Waals surface area (Å²) in [5.74, 6) is -0.163. The number of benzene rings is 2. The van der Waals surface area contributed by atoms with E-state index >= 15 is 0 Å². The molecule has 0 heterocycles. The van der Waals surface area contributed by atoms with E-state index in [9.17, 15) is 9.59 Å². The summed E-state index contributed by atoms with van der Waals surface area (Å²) < 4.78 is 0. The number of hydrogen-bond donors (Lipinski definition) is 1. The van der Waals surface area contributed by atoms with Crippen molar-refractivity contribution in [3.63, 3.8) is 0 Å². The van der Waals surface area contributed by atoms with E-state index in [1.54, 1.807) is 17.0 Å². The van der Waals surface area contributed by atoms with Gasteiger partial charge in [0.15, 0.2) is 0 Å². The minimum Gasteiger partial charge on any atom is -0.352 e. The fraction of sp³-hybridized carbons (Fsp3) is 0.391. The van der Waals surface area contributed by atoms with Crippen LogP contribution in [0, 0.1) is 0 Å². The second-order valence-corrected chi connectivity index (χ2v) is 7.46. The molecule has 2 aromatic carbocycles. The smallest absolute Gasteiger partial charge is 0.243 e. The topological polar surface area (TPSA) is 49.4 Å². The van der Waals surface area contributed by atoms with Crippen molar-refractivity contribution in [3.8, 4) is 0 Å². The number of amides is 2. The number of nitrogens with one attached hydrogen (secondary N) is 1. The number of carbonyl (C=O) groups excluding carboxylic acids is 2. The van der Waals surface area contributed by atoms with Gasteiger partial charge >= 0.3 is 0 Å². The second kappa shape index (κ2) is 10.9. The van der Waals surface area contributed by atoms with Crippen molar-refractivity contribution in [1.29, 1.82) is 0 Å². The van der Waals surface area contributed by atoms with E-state index < -0.39 is 6.04 Å². The molecule has 4 nitrogen and oxygen atoms in total. The maximum atomic E-state index is 13.1. The van der Waals surface area contributed by atoms with Crippen LogP contribution in [0.25, 0.3) is 0 Å². The maximum absolute atomic E-state index is 13.1. The molecular formula is C23H29ClN2O2. The number of nitrogens with zero attached hydrogens (tertiary/aromatic N) is 1. The third kappa shape index (κ3) is 6.38. The van der Waals surface area contributed by atoms with Gasteiger partial charge < -0.3 is 10.2 Å². The molecule has 0 fully saturated rings. The Kier molecular flexibility index (Phi) is 8.52. The van der Waals surface area contributed by atoms with Crippen LogP contribution < -0.4 is 5.32 Å². The largest absolute Gasteiger partial charge is 0.352 e. The minimum absolute atomic E-state index is 0.0461. The second-order valence-electron chi connectivity index (χ2n) is 7.03. The molecule has 1 N–H and O–H groups in total. The summed E-state index contributed by atoms with van der Waals surface area (Å²) in [6, 6.07) is 16.7. The van der Waals surface area contributed by atoms with Crippen molar-refractivity contribution in [3.05, 3.63) is 70.7 Å². The van der Waals surface area contributed by atoms with Gasteiger partial charge in [0.05, 0.1) is 0 Å². The Hall–Kier alpha value is -2.33. The fourth-order valence-corrected chi connectivity index (χ4v) is 3.11. The molecule has 0 aliphatic heterocycles. The highest BCUT2D eigenvalue weighted by Gasteiger charge is 2.30. The molecule has 28 heavy (non-hydrogen) atoms.